The summed E-state index contributed by atoms with van der Waals surface area (Å²) in [6.07, 6.45) is 7.67. The molecule has 3 aromatic heterocycles. The maximum Gasteiger partial charge on any atom is 0.270 e. The minimum absolute atomic E-state index is 0.0141. The standard InChI is InChI=1S/C22H21N7O2/c30-20-10-9-19(28-14-23-13-25-28)27-29(20)17-7-5-16(6-8-17)26-22(31)21-18-4-2-1-3-15(18)11-12-24-21/h1-4,9-14,16-17H,5-8H2,(H,26,31). The first-order valence-corrected chi connectivity index (χ1v) is 10.3. The topological polar surface area (TPSA) is 108 Å². The molecule has 1 N–H and O–H groups in total. The molecule has 0 saturated heterocycles. The van der Waals surface area contributed by atoms with Gasteiger partial charge >= 0.3 is 0 Å². The number of rotatable bonds is 4. The molecule has 1 aromatic carbocycles. The maximum atomic E-state index is 12.9. The van der Waals surface area contributed by atoms with E-state index in [1.807, 2.05) is 30.3 Å². The van der Waals surface area contributed by atoms with Crippen LogP contribution in [0.15, 0.2) is 66.1 Å². The van der Waals surface area contributed by atoms with Gasteiger partial charge in [-0.15, -0.1) is 5.10 Å². The van der Waals surface area contributed by atoms with Crippen molar-refractivity contribution in [2.24, 2.45) is 0 Å². The summed E-state index contributed by atoms with van der Waals surface area (Å²) in [6.45, 7) is 0. The second kappa shape index (κ2) is 8.10. The van der Waals surface area contributed by atoms with E-state index in [-0.39, 0.29) is 23.6 Å². The van der Waals surface area contributed by atoms with Crippen LogP contribution in [0.3, 0.4) is 0 Å². The quantitative estimate of drug-likeness (QED) is 0.548. The molecule has 3 heterocycles. The van der Waals surface area contributed by atoms with Gasteiger partial charge < -0.3 is 5.32 Å². The smallest absolute Gasteiger partial charge is 0.270 e. The molecule has 9 heteroatoms. The molecule has 156 valence electrons. The first-order valence-electron chi connectivity index (χ1n) is 10.3. The summed E-state index contributed by atoms with van der Waals surface area (Å²) in [5, 5.41) is 13.5. The average molecular weight is 415 g/mol. The lowest BCUT2D eigenvalue weighted by molar-refractivity contribution is 0.0918. The van der Waals surface area contributed by atoms with E-state index in [4.69, 9.17) is 0 Å². The summed E-state index contributed by atoms with van der Waals surface area (Å²) < 4.78 is 3.06. The predicted octanol–water partition coefficient (Wildman–Crippen LogP) is 2.29. The summed E-state index contributed by atoms with van der Waals surface area (Å²) in [5.41, 5.74) is 0.301. The van der Waals surface area contributed by atoms with Crippen molar-refractivity contribution in [2.45, 2.75) is 37.8 Å². The van der Waals surface area contributed by atoms with Crippen LogP contribution in [0.5, 0.6) is 0 Å². The number of nitrogens with one attached hydrogen (secondary N) is 1. The molecule has 0 radical (unpaired) electrons. The average Bonchev–Trinajstić information content (AvgIpc) is 3.35. The Morgan fingerprint density at radius 3 is 2.68 bits per heavy atom. The Kier molecular flexibility index (Phi) is 4.99. The number of amides is 1. The van der Waals surface area contributed by atoms with Gasteiger partial charge in [0.05, 0.1) is 6.04 Å². The first kappa shape index (κ1) is 19.1. The Morgan fingerprint density at radius 1 is 1.03 bits per heavy atom. The van der Waals surface area contributed by atoms with Crippen molar-refractivity contribution in [2.75, 3.05) is 0 Å². The van der Waals surface area contributed by atoms with Crippen LogP contribution in [0.4, 0.5) is 0 Å². The summed E-state index contributed by atoms with van der Waals surface area (Å²) in [5.74, 6) is 0.387. The van der Waals surface area contributed by atoms with Gasteiger partial charge in [0.2, 0.25) is 0 Å². The van der Waals surface area contributed by atoms with Crippen LogP contribution in [0.1, 0.15) is 42.2 Å². The van der Waals surface area contributed by atoms with Crippen LogP contribution in [0.25, 0.3) is 16.6 Å². The third kappa shape index (κ3) is 3.81. The van der Waals surface area contributed by atoms with Crippen molar-refractivity contribution in [3.05, 3.63) is 77.4 Å². The first-order chi connectivity index (χ1) is 15.2. The SMILES string of the molecule is O=C(NC1CCC(n2nc(-n3cncn3)ccc2=O)CC1)c1nccc2ccccc12. The highest BCUT2D eigenvalue weighted by molar-refractivity contribution is 6.05. The molecule has 0 spiro atoms. The Morgan fingerprint density at radius 2 is 1.87 bits per heavy atom. The Labute approximate surface area is 177 Å². The van der Waals surface area contributed by atoms with Crippen LogP contribution >= 0.6 is 0 Å². The zero-order valence-corrected chi connectivity index (χ0v) is 16.8. The molecule has 0 atom stereocenters. The highest BCUT2D eigenvalue weighted by Crippen LogP contribution is 2.27. The largest absolute Gasteiger partial charge is 0.348 e. The molecule has 31 heavy (non-hydrogen) atoms. The van der Waals surface area contributed by atoms with Crippen molar-refractivity contribution < 1.29 is 4.79 Å². The summed E-state index contributed by atoms with van der Waals surface area (Å²) in [7, 11) is 0. The van der Waals surface area contributed by atoms with E-state index in [1.165, 1.54) is 21.8 Å². The number of carbonyl (C=O) groups excluding carboxylic acids is 1. The van der Waals surface area contributed by atoms with E-state index in [2.05, 4.69) is 25.5 Å². The summed E-state index contributed by atoms with van der Waals surface area (Å²) >= 11 is 0. The lowest BCUT2D eigenvalue weighted by Gasteiger charge is -2.29. The molecular weight excluding hydrogens is 394 g/mol. The van der Waals surface area contributed by atoms with E-state index in [1.54, 1.807) is 18.6 Å². The van der Waals surface area contributed by atoms with Gasteiger partial charge in [-0.2, -0.15) is 5.10 Å². The molecule has 1 fully saturated rings. The van der Waals surface area contributed by atoms with Gasteiger partial charge in [-0.25, -0.2) is 14.3 Å². The highest BCUT2D eigenvalue weighted by atomic mass is 16.2. The predicted molar refractivity (Wildman–Crippen MR) is 114 cm³/mol. The van der Waals surface area contributed by atoms with Gasteiger partial charge in [0.15, 0.2) is 5.82 Å². The number of hydrogen-bond acceptors (Lipinski definition) is 6. The van der Waals surface area contributed by atoms with E-state index >= 15 is 0 Å². The van der Waals surface area contributed by atoms with Gasteiger partial charge in [-0.1, -0.05) is 24.3 Å². The number of benzene rings is 1. The zero-order chi connectivity index (χ0) is 21.2. The van der Waals surface area contributed by atoms with Crippen LogP contribution < -0.4 is 10.9 Å². The van der Waals surface area contributed by atoms with Gasteiger partial charge in [-0.3, -0.25) is 14.6 Å². The monoisotopic (exact) mass is 415 g/mol. The number of nitrogens with zero attached hydrogens (tertiary/aromatic N) is 6. The molecule has 0 aliphatic heterocycles. The molecule has 4 aromatic rings. The Balaban J connectivity index is 1.27. The molecule has 1 amide bonds. The summed E-state index contributed by atoms with van der Waals surface area (Å²) in [6, 6.07) is 12.8. The molecule has 5 rings (SSSR count). The van der Waals surface area contributed by atoms with Crippen molar-refractivity contribution in [1.29, 1.82) is 0 Å². The molecule has 1 aliphatic carbocycles. The molecule has 9 nitrogen and oxygen atoms in total. The highest BCUT2D eigenvalue weighted by Gasteiger charge is 2.26. The van der Waals surface area contributed by atoms with Crippen molar-refractivity contribution in [3.63, 3.8) is 0 Å². The molecule has 1 aliphatic rings. The Hall–Kier alpha value is -3.88. The van der Waals surface area contributed by atoms with Gasteiger partial charge in [-0.05, 0) is 43.2 Å². The molecule has 0 bridgehead atoms. The summed E-state index contributed by atoms with van der Waals surface area (Å²) in [4.78, 5) is 33.5. The lowest BCUT2D eigenvalue weighted by atomic mass is 9.91. The Bertz CT molecular complexity index is 1270. The second-order valence-corrected chi connectivity index (χ2v) is 7.67. The second-order valence-electron chi connectivity index (χ2n) is 7.67. The van der Waals surface area contributed by atoms with Crippen LogP contribution in [0.2, 0.25) is 0 Å². The molecule has 1 saturated carbocycles. The third-order valence-corrected chi connectivity index (χ3v) is 5.73. The molecular formula is C22H21N7O2. The van der Waals surface area contributed by atoms with Crippen molar-refractivity contribution in [3.8, 4) is 5.82 Å². The third-order valence-electron chi connectivity index (χ3n) is 5.73. The van der Waals surface area contributed by atoms with Crippen LogP contribution in [-0.4, -0.2) is 41.5 Å². The normalized spacial score (nSPS) is 18.7. The van der Waals surface area contributed by atoms with Crippen molar-refractivity contribution >= 4 is 16.7 Å². The maximum absolute atomic E-state index is 12.9. The fraction of sp³-hybridized carbons (Fsp3) is 0.273. The van der Waals surface area contributed by atoms with E-state index < -0.39 is 0 Å². The minimum atomic E-state index is -0.163. The van der Waals surface area contributed by atoms with E-state index in [0.29, 0.717) is 11.5 Å². The van der Waals surface area contributed by atoms with Gasteiger partial charge in [0.25, 0.3) is 11.5 Å². The minimum Gasteiger partial charge on any atom is -0.348 e. The fourth-order valence-electron chi connectivity index (χ4n) is 4.14. The fourth-order valence-corrected chi connectivity index (χ4v) is 4.14. The van der Waals surface area contributed by atoms with Gasteiger partial charge in [0.1, 0.15) is 18.3 Å². The van der Waals surface area contributed by atoms with Crippen molar-refractivity contribution in [1.82, 2.24) is 34.8 Å². The number of hydrogen-bond donors (Lipinski definition) is 1. The number of aromatic nitrogens is 6. The van der Waals surface area contributed by atoms with Crippen LogP contribution in [0, 0.1) is 0 Å². The van der Waals surface area contributed by atoms with E-state index in [0.717, 1.165) is 36.5 Å². The van der Waals surface area contributed by atoms with Gasteiger partial charge in [0, 0.05) is 23.7 Å². The van der Waals surface area contributed by atoms with Crippen LogP contribution in [-0.2, 0) is 0 Å². The number of fused-ring (bicyclic) bond motifs is 1. The number of pyridine rings is 1. The molecule has 0 unspecified atom stereocenters. The number of carbonyl (C=O) groups is 1. The zero-order valence-electron chi connectivity index (χ0n) is 16.8. The van der Waals surface area contributed by atoms with E-state index in [9.17, 15) is 9.59 Å². The lowest BCUT2D eigenvalue weighted by Crippen LogP contribution is -2.40.